The van der Waals surface area contributed by atoms with Crippen molar-refractivity contribution in [2.24, 2.45) is 5.92 Å². The van der Waals surface area contributed by atoms with Gasteiger partial charge in [-0.25, -0.2) is 4.98 Å². The van der Waals surface area contributed by atoms with Gasteiger partial charge in [-0.1, -0.05) is 31.5 Å². The second-order valence-electron chi connectivity index (χ2n) is 4.32. The van der Waals surface area contributed by atoms with Crippen LogP contribution >= 0.6 is 11.6 Å². The van der Waals surface area contributed by atoms with Gasteiger partial charge in [0.15, 0.2) is 0 Å². The summed E-state index contributed by atoms with van der Waals surface area (Å²) in [6.07, 6.45) is 2.33. The Morgan fingerprint density at radius 2 is 2.24 bits per heavy atom. The van der Waals surface area contributed by atoms with Crippen LogP contribution in [0.1, 0.15) is 38.7 Å². The van der Waals surface area contributed by atoms with Gasteiger partial charge in [0.2, 0.25) is 0 Å². The zero-order valence-electron chi connectivity index (χ0n) is 10.4. The molecule has 1 aromatic rings. The van der Waals surface area contributed by atoms with E-state index in [0.717, 1.165) is 5.56 Å². The Morgan fingerprint density at radius 1 is 1.53 bits per heavy atom. The molecule has 1 heterocycles. The zero-order valence-corrected chi connectivity index (χ0v) is 11.2. The van der Waals surface area contributed by atoms with Crippen molar-refractivity contribution in [2.75, 3.05) is 6.61 Å². The smallest absolute Gasteiger partial charge is 0.313 e. The van der Waals surface area contributed by atoms with Crippen molar-refractivity contribution in [3.63, 3.8) is 0 Å². The van der Waals surface area contributed by atoms with Gasteiger partial charge in [0.25, 0.3) is 0 Å². The number of carbonyl (C=O) groups is 1. The van der Waals surface area contributed by atoms with Crippen molar-refractivity contribution < 1.29 is 9.53 Å². The molecule has 0 spiro atoms. The summed E-state index contributed by atoms with van der Waals surface area (Å²) < 4.78 is 5.09. The Bertz CT molecular complexity index is 379. The van der Waals surface area contributed by atoms with Crippen LogP contribution in [0.15, 0.2) is 18.3 Å². The lowest BCUT2D eigenvalue weighted by Gasteiger charge is -2.18. The molecule has 17 heavy (non-hydrogen) atoms. The molecule has 0 saturated carbocycles. The van der Waals surface area contributed by atoms with Crippen LogP contribution in [0.3, 0.4) is 0 Å². The first kappa shape index (κ1) is 14.0. The number of esters is 1. The highest BCUT2D eigenvalue weighted by Crippen LogP contribution is 2.29. The van der Waals surface area contributed by atoms with Crippen molar-refractivity contribution in [1.29, 1.82) is 0 Å². The molecule has 0 aromatic carbocycles. The number of carbonyl (C=O) groups excluding carboxylic acids is 1. The molecule has 0 saturated heterocycles. The fourth-order valence-corrected chi connectivity index (χ4v) is 1.97. The predicted octanol–water partition coefficient (Wildman–Crippen LogP) is 3.43. The summed E-state index contributed by atoms with van der Waals surface area (Å²) in [5.74, 6) is -0.159. The number of halogens is 1. The Hall–Kier alpha value is -1.09. The maximum absolute atomic E-state index is 11.9. The molecule has 0 amide bonds. The number of hydrogen-bond donors (Lipinski definition) is 0. The summed E-state index contributed by atoms with van der Waals surface area (Å²) in [5, 5.41) is 0.381. The van der Waals surface area contributed by atoms with Gasteiger partial charge in [-0.3, -0.25) is 4.79 Å². The van der Waals surface area contributed by atoms with E-state index in [1.165, 1.54) is 0 Å². The molecule has 3 nitrogen and oxygen atoms in total. The van der Waals surface area contributed by atoms with Crippen LogP contribution in [0.5, 0.6) is 0 Å². The Balaban J connectivity index is 2.97. The van der Waals surface area contributed by atoms with E-state index >= 15 is 0 Å². The molecular weight excluding hydrogens is 238 g/mol. The van der Waals surface area contributed by atoms with Crippen molar-refractivity contribution in [3.8, 4) is 0 Å². The van der Waals surface area contributed by atoms with E-state index < -0.39 is 0 Å². The number of nitrogens with zero attached hydrogens (tertiary/aromatic N) is 1. The summed E-state index contributed by atoms with van der Waals surface area (Å²) >= 11 is 6.03. The van der Waals surface area contributed by atoms with E-state index in [0.29, 0.717) is 24.1 Å². The van der Waals surface area contributed by atoms with Gasteiger partial charge in [-0.05, 0) is 25.3 Å². The van der Waals surface area contributed by atoms with Crippen molar-refractivity contribution >= 4 is 17.6 Å². The molecule has 0 bridgehead atoms. The number of hydrogen-bond acceptors (Lipinski definition) is 3. The minimum atomic E-state index is -0.323. The van der Waals surface area contributed by atoms with E-state index in [2.05, 4.69) is 18.8 Å². The van der Waals surface area contributed by atoms with Gasteiger partial charge < -0.3 is 4.74 Å². The summed E-state index contributed by atoms with van der Waals surface area (Å²) in [6, 6.07) is 3.62. The van der Waals surface area contributed by atoms with E-state index in [4.69, 9.17) is 16.3 Å². The van der Waals surface area contributed by atoms with Crippen LogP contribution in [0.25, 0.3) is 0 Å². The lowest BCUT2D eigenvalue weighted by molar-refractivity contribution is -0.145. The molecule has 0 fully saturated rings. The maximum atomic E-state index is 11.9. The molecule has 4 heteroatoms. The second-order valence-corrected chi connectivity index (χ2v) is 4.68. The third kappa shape index (κ3) is 4.00. The van der Waals surface area contributed by atoms with Crippen molar-refractivity contribution in [2.45, 2.75) is 33.1 Å². The molecule has 0 aliphatic heterocycles. The average molecular weight is 256 g/mol. The number of rotatable bonds is 5. The number of pyridine rings is 1. The van der Waals surface area contributed by atoms with Crippen LogP contribution in [0.4, 0.5) is 0 Å². The molecule has 94 valence electrons. The zero-order chi connectivity index (χ0) is 12.8. The minimum absolute atomic E-state index is 0.226. The van der Waals surface area contributed by atoms with Crippen LogP contribution < -0.4 is 0 Å². The molecule has 1 atom stereocenters. The van der Waals surface area contributed by atoms with E-state index in [1.54, 1.807) is 19.2 Å². The SMILES string of the molecule is CCOC(=O)C(CC(C)C)c1cccnc1Cl. The largest absolute Gasteiger partial charge is 0.466 e. The van der Waals surface area contributed by atoms with Gasteiger partial charge >= 0.3 is 5.97 Å². The van der Waals surface area contributed by atoms with E-state index in [-0.39, 0.29) is 11.9 Å². The normalized spacial score (nSPS) is 12.5. The molecule has 0 radical (unpaired) electrons. The van der Waals surface area contributed by atoms with Crippen LogP contribution in [-0.4, -0.2) is 17.6 Å². The van der Waals surface area contributed by atoms with Gasteiger partial charge in [0, 0.05) is 11.8 Å². The standard InChI is InChI=1S/C13H18ClNO2/c1-4-17-13(16)11(8-9(2)3)10-6-5-7-15-12(10)14/h5-7,9,11H,4,8H2,1-3H3. The summed E-state index contributed by atoms with van der Waals surface area (Å²) in [6.45, 7) is 6.31. The number of ether oxygens (including phenoxy) is 1. The molecule has 0 aliphatic rings. The van der Waals surface area contributed by atoms with Gasteiger partial charge in [-0.15, -0.1) is 0 Å². The fraction of sp³-hybridized carbons (Fsp3) is 0.538. The summed E-state index contributed by atoms with van der Waals surface area (Å²) in [4.78, 5) is 15.9. The molecule has 1 rings (SSSR count). The highest BCUT2D eigenvalue weighted by molar-refractivity contribution is 6.30. The van der Waals surface area contributed by atoms with Crippen LogP contribution in [0.2, 0.25) is 5.15 Å². The monoisotopic (exact) mass is 255 g/mol. The third-order valence-electron chi connectivity index (χ3n) is 2.44. The quantitative estimate of drug-likeness (QED) is 0.598. The first-order valence-electron chi connectivity index (χ1n) is 5.83. The predicted molar refractivity (Wildman–Crippen MR) is 68.1 cm³/mol. The topological polar surface area (TPSA) is 39.2 Å². The molecular formula is C13H18ClNO2. The van der Waals surface area contributed by atoms with Gasteiger partial charge in [0.1, 0.15) is 5.15 Å². The third-order valence-corrected chi connectivity index (χ3v) is 2.76. The van der Waals surface area contributed by atoms with Gasteiger partial charge in [-0.2, -0.15) is 0 Å². The van der Waals surface area contributed by atoms with E-state index in [9.17, 15) is 4.79 Å². The fourth-order valence-electron chi connectivity index (χ4n) is 1.72. The average Bonchev–Trinajstić information content (AvgIpc) is 2.27. The second kappa shape index (κ2) is 6.60. The Kier molecular flexibility index (Phi) is 5.42. The minimum Gasteiger partial charge on any atom is -0.466 e. The highest BCUT2D eigenvalue weighted by Gasteiger charge is 2.25. The summed E-state index contributed by atoms with van der Waals surface area (Å²) in [5.41, 5.74) is 0.751. The molecule has 1 unspecified atom stereocenters. The van der Waals surface area contributed by atoms with Crippen LogP contribution in [0, 0.1) is 5.92 Å². The van der Waals surface area contributed by atoms with Crippen molar-refractivity contribution in [3.05, 3.63) is 29.0 Å². The molecule has 0 N–H and O–H groups in total. The highest BCUT2D eigenvalue weighted by atomic mass is 35.5. The Labute approximate surface area is 107 Å². The molecule has 1 aromatic heterocycles. The van der Waals surface area contributed by atoms with Gasteiger partial charge in [0.05, 0.1) is 12.5 Å². The first-order valence-corrected chi connectivity index (χ1v) is 6.21. The van der Waals surface area contributed by atoms with Crippen molar-refractivity contribution in [1.82, 2.24) is 4.98 Å². The number of aromatic nitrogens is 1. The summed E-state index contributed by atoms with van der Waals surface area (Å²) in [7, 11) is 0. The Morgan fingerprint density at radius 3 is 2.76 bits per heavy atom. The van der Waals surface area contributed by atoms with E-state index in [1.807, 2.05) is 6.07 Å². The first-order chi connectivity index (χ1) is 8.06. The lowest BCUT2D eigenvalue weighted by Crippen LogP contribution is -2.18. The van der Waals surface area contributed by atoms with Crippen LogP contribution in [-0.2, 0) is 9.53 Å². The molecule has 0 aliphatic carbocycles. The lowest BCUT2D eigenvalue weighted by atomic mass is 9.91. The maximum Gasteiger partial charge on any atom is 0.313 e.